The van der Waals surface area contributed by atoms with Crippen LogP contribution < -0.4 is 4.90 Å². The number of fused-ring (bicyclic) bond motifs is 1. The van der Waals surface area contributed by atoms with Gasteiger partial charge in [-0.2, -0.15) is 5.10 Å². The third kappa shape index (κ3) is 2.81. The molecule has 0 N–H and O–H groups in total. The van der Waals surface area contributed by atoms with Crippen LogP contribution in [0.5, 0.6) is 0 Å². The molecule has 0 saturated heterocycles. The van der Waals surface area contributed by atoms with Crippen LogP contribution >= 0.6 is 0 Å². The van der Waals surface area contributed by atoms with Gasteiger partial charge in [-0.3, -0.25) is 0 Å². The van der Waals surface area contributed by atoms with Crippen LogP contribution in [0.3, 0.4) is 0 Å². The van der Waals surface area contributed by atoms with Crippen molar-refractivity contribution >= 4 is 11.5 Å². The summed E-state index contributed by atoms with van der Waals surface area (Å²) in [5, 5.41) is 4.22. The summed E-state index contributed by atoms with van der Waals surface area (Å²) >= 11 is 0. The Morgan fingerprint density at radius 3 is 2.10 bits per heavy atom. The molecule has 1 aliphatic heterocycles. The van der Waals surface area contributed by atoms with Crippen molar-refractivity contribution in [3.63, 3.8) is 0 Å². The topological polar surface area (TPSA) is 46.3 Å². The SMILES string of the molecule is Cc1cnc(N2C=CC=CC=CC=CC=C2)c2ncnn12. The molecule has 2 aromatic heterocycles. The second kappa shape index (κ2) is 6.00. The average molecular weight is 277 g/mol. The summed E-state index contributed by atoms with van der Waals surface area (Å²) in [5.74, 6) is 0.736. The third-order valence-corrected chi connectivity index (χ3v) is 2.97. The monoisotopic (exact) mass is 277 g/mol. The van der Waals surface area contributed by atoms with E-state index in [0.717, 1.165) is 17.2 Å². The van der Waals surface area contributed by atoms with E-state index in [1.165, 1.54) is 6.33 Å². The first kappa shape index (κ1) is 13.1. The van der Waals surface area contributed by atoms with Gasteiger partial charge in [-0.05, 0) is 19.1 Å². The van der Waals surface area contributed by atoms with Gasteiger partial charge in [0.1, 0.15) is 6.33 Å². The van der Waals surface area contributed by atoms with Crippen molar-refractivity contribution in [3.05, 3.63) is 79.2 Å². The van der Waals surface area contributed by atoms with E-state index < -0.39 is 0 Å². The predicted octanol–water partition coefficient (Wildman–Crippen LogP) is 2.95. The zero-order chi connectivity index (χ0) is 14.5. The highest BCUT2D eigenvalue weighted by Crippen LogP contribution is 2.18. The maximum absolute atomic E-state index is 4.49. The van der Waals surface area contributed by atoms with E-state index in [-0.39, 0.29) is 0 Å². The summed E-state index contributed by atoms with van der Waals surface area (Å²) in [5.41, 5.74) is 1.67. The minimum atomic E-state index is 0.727. The van der Waals surface area contributed by atoms with Gasteiger partial charge in [-0.1, -0.05) is 36.5 Å². The zero-order valence-corrected chi connectivity index (χ0v) is 11.7. The van der Waals surface area contributed by atoms with Crippen molar-refractivity contribution in [1.82, 2.24) is 19.6 Å². The van der Waals surface area contributed by atoms with Gasteiger partial charge in [0.2, 0.25) is 0 Å². The molecule has 0 aromatic carbocycles. The number of rotatable bonds is 1. The highest BCUT2D eigenvalue weighted by Gasteiger charge is 2.11. The molecule has 0 spiro atoms. The van der Waals surface area contributed by atoms with Crippen LogP contribution in [0.2, 0.25) is 0 Å². The second-order valence-electron chi connectivity index (χ2n) is 4.46. The number of nitrogens with zero attached hydrogens (tertiary/aromatic N) is 5. The van der Waals surface area contributed by atoms with Crippen LogP contribution in [0.1, 0.15) is 5.69 Å². The number of anilines is 1. The lowest BCUT2D eigenvalue weighted by Crippen LogP contribution is -2.11. The smallest absolute Gasteiger partial charge is 0.199 e. The minimum Gasteiger partial charge on any atom is -0.306 e. The van der Waals surface area contributed by atoms with Crippen LogP contribution in [0.15, 0.2) is 73.5 Å². The molecule has 0 bridgehead atoms. The first-order valence-electron chi connectivity index (χ1n) is 6.65. The van der Waals surface area contributed by atoms with Crippen LogP contribution in [-0.4, -0.2) is 19.6 Å². The quantitative estimate of drug-likeness (QED) is 0.804. The molecule has 3 rings (SSSR count). The van der Waals surface area contributed by atoms with Gasteiger partial charge in [0, 0.05) is 12.4 Å². The summed E-state index contributed by atoms with van der Waals surface area (Å²) in [6.45, 7) is 1.95. The summed E-state index contributed by atoms with van der Waals surface area (Å²) in [7, 11) is 0. The van der Waals surface area contributed by atoms with Crippen molar-refractivity contribution in [2.75, 3.05) is 4.90 Å². The van der Waals surface area contributed by atoms with Crippen LogP contribution in [0.25, 0.3) is 5.65 Å². The highest BCUT2D eigenvalue weighted by atomic mass is 15.3. The first-order chi connectivity index (χ1) is 10.4. The van der Waals surface area contributed by atoms with E-state index in [4.69, 9.17) is 0 Å². The summed E-state index contributed by atoms with van der Waals surface area (Å²) < 4.78 is 1.78. The Kier molecular flexibility index (Phi) is 3.73. The fourth-order valence-electron chi connectivity index (χ4n) is 1.96. The van der Waals surface area contributed by atoms with Crippen molar-refractivity contribution < 1.29 is 0 Å². The molecule has 0 radical (unpaired) electrons. The Balaban J connectivity index is 2.07. The lowest BCUT2D eigenvalue weighted by atomic mass is 10.4. The van der Waals surface area contributed by atoms with E-state index in [0.29, 0.717) is 0 Å². The average Bonchev–Trinajstić information content (AvgIpc) is 2.95. The number of hydrogen-bond donors (Lipinski definition) is 0. The molecule has 0 fully saturated rings. The standard InChI is InChI=1S/C16H15N5/c1-14-12-17-15(16-18-13-19-21(14)16)20-10-8-6-4-2-3-5-7-9-11-20/h2-13H,1H3. The molecule has 5 heteroatoms. The molecule has 0 saturated carbocycles. The Hall–Kier alpha value is -2.95. The number of hydrogen-bond acceptors (Lipinski definition) is 4. The molecule has 5 nitrogen and oxygen atoms in total. The fraction of sp³-hybridized carbons (Fsp3) is 0.0625. The lowest BCUT2D eigenvalue weighted by Gasteiger charge is -2.15. The molecule has 0 amide bonds. The Morgan fingerprint density at radius 1 is 0.810 bits per heavy atom. The van der Waals surface area contributed by atoms with Crippen molar-refractivity contribution in [2.24, 2.45) is 0 Å². The molecule has 1 aliphatic rings. The van der Waals surface area contributed by atoms with Crippen LogP contribution in [-0.2, 0) is 0 Å². The van der Waals surface area contributed by atoms with Gasteiger partial charge in [0.15, 0.2) is 11.5 Å². The Morgan fingerprint density at radius 2 is 1.43 bits per heavy atom. The molecule has 2 aromatic rings. The molecule has 3 heterocycles. The summed E-state index contributed by atoms with van der Waals surface area (Å²) in [6, 6.07) is 0. The first-order valence-corrected chi connectivity index (χ1v) is 6.65. The van der Waals surface area contributed by atoms with Gasteiger partial charge >= 0.3 is 0 Å². The van der Waals surface area contributed by atoms with Gasteiger partial charge in [0.25, 0.3) is 0 Å². The van der Waals surface area contributed by atoms with Crippen LogP contribution in [0.4, 0.5) is 5.82 Å². The lowest BCUT2D eigenvalue weighted by molar-refractivity contribution is 0.895. The fourth-order valence-corrected chi connectivity index (χ4v) is 1.96. The molecule has 0 atom stereocenters. The third-order valence-electron chi connectivity index (χ3n) is 2.97. The van der Waals surface area contributed by atoms with Gasteiger partial charge in [-0.15, -0.1) is 0 Å². The molecule has 0 aliphatic carbocycles. The minimum absolute atomic E-state index is 0.727. The van der Waals surface area contributed by atoms with Crippen LogP contribution in [0, 0.1) is 6.92 Å². The summed E-state index contributed by atoms with van der Waals surface area (Å²) in [6.07, 6.45) is 22.9. The number of allylic oxidation sites excluding steroid dienone is 8. The number of aryl methyl sites for hydroxylation is 1. The normalized spacial score (nSPS) is 14.8. The Labute approximate surface area is 122 Å². The number of aromatic nitrogens is 4. The van der Waals surface area contributed by atoms with Crippen molar-refractivity contribution in [1.29, 1.82) is 0 Å². The maximum Gasteiger partial charge on any atom is 0.199 e. The van der Waals surface area contributed by atoms with E-state index in [9.17, 15) is 0 Å². The maximum atomic E-state index is 4.49. The summed E-state index contributed by atoms with van der Waals surface area (Å²) in [4.78, 5) is 10.7. The molecule has 21 heavy (non-hydrogen) atoms. The molecule has 0 unspecified atom stereocenters. The molecular weight excluding hydrogens is 262 g/mol. The van der Waals surface area contributed by atoms with Gasteiger partial charge in [0.05, 0.1) is 11.9 Å². The molecular formula is C16H15N5. The highest BCUT2D eigenvalue weighted by molar-refractivity contribution is 5.67. The van der Waals surface area contributed by atoms with E-state index in [1.54, 1.807) is 10.7 Å². The van der Waals surface area contributed by atoms with E-state index >= 15 is 0 Å². The van der Waals surface area contributed by atoms with E-state index in [1.807, 2.05) is 72.8 Å². The van der Waals surface area contributed by atoms with Crippen molar-refractivity contribution in [2.45, 2.75) is 6.92 Å². The van der Waals surface area contributed by atoms with Gasteiger partial charge in [-0.25, -0.2) is 14.5 Å². The predicted molar refractivity (Wildman–Crippen MR) is 83.7 cm³/mol. The van der Waals surface area contributed by atoms with E-state index in [2.05, 4.69) is 15.1 Å². The zero-order valence-electron chi connectivity index (χ0n) is 11.7. The second-order valence-corrected chi connectivity index (χ2v) is 4.46. The molecule has 104 valence electrons. The van der Waals surface area contributed by atoms with Gasteiger partial charge < -0.3 is 4.90 Å². The Bertz CT molecular complexity index is 751. The largest absolute Gasteiger partial charge is 0.306 e. The van der Waals surface area contributed by atoms with Crippen molar-refractivity contribution in [3.8, 4) is 0 Å².